The molecule has 1 unspecified atom stereocenters. The first kappa shape index (κ1) is 35.7. The zero-order valence-electron chi connectivity index (χ0n) is 32.5. The SMILES string of the molecule is C1=C\C=C\C2(c3ccccc3S/C=C/1)c1cc(-c3ccc(-c4cccc5cccnc45)cc3)ccc1-c1ccc(-c3nc(-c4ccccc4)nc(-c4ccccc4)n3)cc12. The number of benzene rings is 7. The predicted octanol–water partition coefficient (Wildman–Crippen LogP) is 13.8. The third-order valence-corrected chi connectivity index (χ3v) is 12.5. The largest absolute Gasteiger partial charge is 0.256 e. The van der Waals surface area contributed by atoms with Crippen LogP contribution in [0.3, 0.4) is 0 Å². The van der Waals surface area contributed by atoms with E-state index in [0.717, 1.165) is 49.8 Å². The summed E-state index contributed by atoms with van der Waals surface area (Å²) in [5.74, 6) is 1.92. The minimum atomic E-state index is -0.623. The Balaban J connectivity index is 1.10. The minimum absolute atomic E-state index is 0.623. The zero-order chi connectivity index (χ0) is 39.9. The van der Waals surface area contributed by atoms with Gasteiger partial charge in [0.05, 0.1) is 10.9 Å². The van der Waals surface area contributed by atoms with Crippen LogP contribution in [0.15, 0.2) is 223 Å². The van der Waals surface area contributed by atoms with Gasteiger partial charge < -0.3 is 0 Å². The molecule has 9 aromatic rings. The summed E-state index contributed by atoms with van der Waals surface area (Å²) in [5.41, 5.74) is 13.9. The van der Waals surface area contributed by atoms with Crippen molar-refractivity contribution >= 4 is 22.7 Å². The second-order valence-electron chi connectivity index (χ2n) is 15.0. The van der Waals surface area contributed by atoms with Crippen LogP contribution in [0, 0.1) is 0 Å². The Morgan fingerprint density at radius 2 is 0.967 bits per heavy atom. The summed E-state index contributed by atoms with van der Waals surface area (Å²) in [7, 11) is 0. The average molecular weight is 785 g/mol. The molecule has 3 heterocycles. The topological polar surface area (TPSA) is 51.6 Å². The van der Waals surface area contributed by atoms with E-state index in [0.29, 0.717) is 17.5 Å². The van der Waals surface area contributed by atoms with E-state index in [1.807, 2.05) is 48.7 Å². The molecule has 7 aromatic carbocycles. The molecule has 1 aliphatic carbocycles. The van der Waals surface area contributed by atoms with Crippen LogP contribution in [0.4, 0.5) is 0 Å². The number of hydrogen-bond acceptors (Lipinski definition) is 5. The number of pyridine rings is 1. The maximum absolute atomic E-state index is 5.14. The molecule has 0 saturated carbocycles. The molecule has 60 heavy (non-hydrogen) atoms. The lowest BCUT2D eigenvalue weighted by atomic mass is 9.71. The fourth-order valence-electron chi connectivity index (χ4n) is 8.73. The summed E-state index contributed by atoms with van der Waals surface area (Å²) >= 11 is 1.75. The highest BCUT2D eigenvalue weighted by Gasteiger charge is 2.44. The van der Waals surface area contributed by atoms with Gasteiger partial charge in [-0.1, -0.05) is 194 Å². The summed E-state index contributed by atoms with van der Waals surface area (Å²) < 4.78 is 0. The van der Waals surface area contributed by atoms with Crippen LogP contribution >= 0.6 is 11.8 Å². The van der Waals surface area contributed by atoms with Crippen LogP contribution in [-0.4, -0.2) is 19.9 Å². The molecule has 0 radical (unpaired) electrons. The van der Waals surface area contributed by atoms with Gasteiger partial charge in [-0.05, 0) is 74.2 Å². The standard InChI is InChI=1S/C55H36N4S/c1-2-12-34-60-50-23-10-9-22-47(50)55(32-11-1)48-35-42(37-24-26-38(27-25-37)44-21-13-19-39-20-14-33-56-51(39)44)28-30-45(48)46-31-29-43(36-49(46)55)54-58-52(40-15-5-3-6-16-40)57-53(59-54)41-17-7-4-8-18-41/h1-36H/b2-1-,32-11+,34-12+. The van der Waals surface area contributed by atoms with Gasteiger partial charge in [-0.3, -0.25) is 4.98 Å². The van der Waals surface area contributed by atoms with Gasteiger partial charge in [0.1, 0.15) is 0 Å². The molecule has 1 atom stereocenters. The number of rotatable bonds is 5. The Morgan fingerprint density at radius 3 is 1.70 bits per heavy atom. The predicted molar refractivity (Wildman–Crippen MR) is 247 cm³/mol. The molecule has 0 saturated heterocycles. The minimum Gasteiger partial charge on any atom is -0.256 e. The first-order chi connectivity index (χ1) is 29.7. The van der Waals surface area contributed by atoms with Gasteiger partial charge in [-0.15, -0.1) is 0 Å². The highest BCUT2D eigenvalue weighted by molar-refractivity contribution is 8.02. The fourth-order valence-corrected chi connectivity index (χ4v) is 9.56. The van der Waals surface area contributed by atoms with Crippen LogP contribution in [0.25, 0.3) is 78.4 Å². The van der Waals surface area contributed by atoms with E-state index in [4.69, 9.17) is 19.9 Å². The van der Waals surface area contributed by atoms with Crippen LogP contribution in [-0.2, 0) is 5.41 Å². The molecule has 0 N–H and O–H groups in total. The number of thioether (sulfide) groups is 1. The molecular formula is C55H36N4S. The first-order valence-electron chi connectivity index (χ1n) is 20.1. The van der Waals surface area contributed by atoms with Gasteiger partial charge in [0, 0.05) is 38.7 Å². The van der Waals surface area contributed by atoms with Crippen molar-refractivity contribution in [2.24, 2.45) is 0 Å². The Labute approximate surface area is 353 Å². The highest BCUT2D eigenvalue weighted by Crippen LogP contribution is 2.57. The van der Waals surface area contributed by atoms with Crippen molar-refractivity contribution in [1.82, 2.24) is 19.9 Å². The summed E-state index contributed by atoms with van der Waals surface area (Å²) in [5, 5.41) is 3.30. The van der Waals surface area contributed by atoms with Crippen molar-refractivity contribution in [2.45, 2.75) is 10.3 Å². The van der Waals surface area contributed by atoms with Gasteiger partial charge in [0.15, 0.2) is 17.5 Å². The average Bonchev–Trinajstić information content (AvgIpc) is 3.60. The Kier molecular flexibility index (Phi) is 8.94. The number of allylic oxidation sites excluding steroid dienone is 5. The normalized spacial score (nSPS) is 16.7. The van der Waals surface area contributed by atoms with Gasteiger partial charge in [-0.2, -0.15) is 0 Å². The monoisotopic (exact) mass is 784 g/mol. The number of aromatic nitrogens is 4. The molecular weight excluding hydrogens is 749 g/mol. The lowest BCUT2D eigenvalue weighted by Gasteiger charge is -2.32. The van der Waals surface area contributed by atoms with E-state index < -0.39 is 5.41 Å². The van der Waals surface area contributed by atoms with Crippen molar-refractivity contribution in [3.05, 3.63) is 235 Å². The summed E-state index contributed by atoms with van der Waals surface area (Å²) in [6.07, 6.45) is 12.8. The first-order valence-corrected chi connectivity index (χ1v) is 21.0. The van der Waals surface area contributed by atoms with Gasteiger partial charge in [0.25, 0.3) is 0 Å². The van der Waals surface area contributed by atoms with Gasteiger partial charge in [-0.25, -0.2) is 15.0 Å². The number of para-hydroxylation sites is 1. The van der Waals surface area contributed by atoms with Crippen LogP contribution in [0.1, 0.15) is 16.7 Å². The quantitative estimate of drug-likeness (QED) is 0.174. The maximum Gasteiger partial charge on any atom is 0.164 e. The van der Waals surface area contributed by atoms with Gasteiger partial charge >= 0.3 is 0 Å². The number of hydrogen-bond donors (Lipinski definition) is 0. The number of fused-ring (bicyclic) bond motifs is 8. The smallest absolute Gasteiger partial charge is 0.164 e. The molecule has 5 heteroatoms. The van der Waals surface area contributed by atoms with Crippen molar-refractivity contribution < 1.29 is 0 Å². The molecule has 0 fully saturated rings. The number of nitrogens with zero attached hydrogens (tertiary/aromatic N) is 4. The van der Waals surface area contributed by atoms with Crippen molar-refractivity contribution in [3.63, 3.8) is 0 Å². The molecule has 1 aliphatic heterocycles. The third-order valence-electron chi connectivity index (χ3n) is 11.6. The Hall–Kier alpha value is -7.47. The lowest BCUT2D eigenvalue weighted by Crippen LogP contribution is -2.25. The van der Waals surface area contributed by atoms with E-state index in [1.54, 1.807) is 11.8 Å². The van der Waals surface area contributed by atoms with Crippen LogP contribution in [0.5, 0.6) is 0 Å². The third kappa shape index (κ3) is 6.19. The second kappa shape index (κ2) is 15.0. The van der Waals surface area contributed by atoms with Crippen molar-refractivity contribution in [2.75, 3.05) is 0 Å². The van der Waals surface area contributed by atoms with Crippen LogP contribution in [0.2, 0.25) is 0 Å². The van der Waals surface area contributed by atoms with Gasteiger partial charge in [0.2, 0.25) is 0 Å². The van der Waals surface area contributed by atoms with Crippen molar-refractivity contribution in [3.8, 4) is 67.5 Å². The van der Waals surface area contributed by atoms with E-state index in [2.05, 4.69) is 169 Å². The molecule has 2 aliphatic rings. The lowest BCUT2D eigenvalue weighted by molar-refractivity contribution is 0.783. The maximum atomic E-state index is 5.14. The fraction of sp³-hybridized carbons (Fsp3) is 0.0182. The van der Waals surface area contributed by atoms with Crippen molar-refractivity contribution in [1.29, 1.82) is 0 Å². The molecule has 1 spiro atoms. The summed E-state index contributed by atoms with van der Waals surface area (Å²) in [6.45, 7) is 0. The molecule has 0 amide bonds. The van der Waals surface area contributed by atoms with E-state index >= 15 is 0 Å². The Morgan fingerprint density at radius 1 is 0.383 bits per heavy atom. The van der Waals surface area contributed by atoms with E-state index in [-0.39, 0.29) is 0 Å². The Bertz CT molecular complexity index is 3110. The zero-order valence-corrected chi connectivity index (χ0v) is 33.3. The van der Waals surface area contributed by atoms with E-state index in [9.17, 15) is 0 Å². The summed E-state index contributed by atoms with van der Waals surface area (Å²) in [4.78, 5) is 21.2. The molecule has 4 nitrogen and oxygen atoms in total. The van der Waals surface area contributed by atoms with Crippen LogP contribution < -0.4 is 0 Å². The highest BCUT2D eigenvalue weighted by atomic mass is 32.2. The second-order valence-corrected chi connectivity index (χ2v) is 16.0. The molecule has 11 rings (SSSR count). The van der Waals surface area contributed by atoms with E-state index in [1.165, 1.54) is 32.7 Å². The molecule has 2 aromatic heterocycles. The molecule has 282 valence electrons. The molecule has 0 bridgehead atoms. The summed E-state index contributed by atoms with van der Waals surface area (Å²) in [6, 6.07) is 62.3.